The van der Waals surface area contributed by atoms with Crippen LogP contribution in [0.3, 0.4) is 0 Å². The molecule has 1 amide bonds. The maximum atomic E-state index is 12.9. The number of ether oxygens (including phenoxy) is 2. The highest BCUT2D eigenvalue weighted by molar-refractivity contribution is 5.92. The molecule has 1 N–H and O–H groups in total. The molecule has 156 valence electrons. The number of aryl methyl sites for hydroxylation is 1. The van der Waals surface area contributed by atoms with Crippen LogP contribution in [0, 0.1) is 13.8 Å². The molecule has 1 fully saturated rings. The molecular weight excluding hydrogens is 372 g/mol. The van der Waals surface area contributed by atoms with Gasteiger partial charge in [0.25, 0.3) is 5.56 Å². The van der Waals surface area contributed by atoms with Gasteiger partial charge in [0.05, 0.1) is 19.9 Å². The van der Waals surface area contributed by atoms with Gasteiger partial charge in [0.2, 0.25) is 11.9 Å². The van der Waals surface area contributed by atoms with E-state index in [0.717, 1.165) is 25.9 Å². The molecule has 8 heteroatoms. The molecule has 2 aromatic rings. The molecule has 8 nitrogen and oxygen atoms in total. The number of carbonyl (C=O) groups is 1. The molecule has 3 rings (SSSR count). The number of hydrogen-bond donors (Lipinski definition) is 1. The normalized spacial score (nSPS) is 13.9. The Hall–Kier alpha value is -3.03. The number of aromatic nitrogens is 2. The number of hydrogen-bond acceptors (Lipinski definition) is 6. The number of benzene rings is 1. The summed E-state index contributed by atoms with van der Waals surface area (Å²) >= 11 is 0. The molecule has 1 aliphatic rings. The Morgan fingerprint density at radius 2 is 1.86 bits per heavy atom. The molecule has 1 aliphatic heterocycles. The molecular formula is C21H28N4O4. The first kappa shape index (κ1) is 20.7. The zero-order valence-electron chi connectivity index (χ0n) is 17.4. The predicted octanol–water partition coefficient (Wildman–Crippen LogP) is 2.51. The van der Waals surface area contributed by atoms with E-state index in [9.17, 15) is 9.59 Å². The van der Waals surface area contributed by atoms with Crippen LogP contribution in [0.5, 0.6) is 11.5 Å². The summed E-state index contributed by atoms with van der Waals surface area (Å²) < 4.78 is 12.0. The van der Waals surface area contributed by atoms with Crippen LogP contribution in [0.25, 0.3) is 0 Å². The van der Waals surface area contributed by atoms with Crippen molar-refractivity contribution in [1.29, 1.82) is 0 Å². The van der Waals surface area contributed by atoms with Crippen molar-refractivity contribution in [2.24, 2.45) is 0 Å². The number of nitrogens with zero attached hydrogens (tertiary/aromatic N) is 3. The Kier molecular flexibility index (Phi) is 6.41. The standard InChI is InChI=1S/C21H28N4O4/c1-14-15(2)22-21(24-10-6-5-7-11-24)25(20(14)27)13-19(26)23-17-12-16(28-3)8-9-18(17)29-4/h8-9,12H,5-7,10-11,13H2,1-4H3,(H,23,26). The van der Waals surface area contributed by atoms with E-state index in [1.54, 1.807) is 32.2 Å². The molecule has 2 heterocycles. The Morgan fingerprint density at radius 3 is 2.52 bits per heavy atom. The third-order valence-electron chi connectivity index (χ3n) is 5.24. The lowest BCUT2D eigenvalue weighted by Gasteiger charge is -2.30. The second-order valence-electron chi connectivity index (χ2n) is 7.18. The fourth-order valence-corrected chi connectivity index (χ4v) is 3.47. The van der Waals surface area contributed by atoms with Crippen molar-refractivity contribution in [1.82, 2.24) is 9.55 Å². The van der Waals surface area contributed by atoms with E-state index in [1.807, 2.05) is 6.92 Å². The van der Waals surface area contributed by atoms with Crippen molar-refractivity contribution in [2.45, 2.75) is 39.7 Å². The molecule has 0 unspecified atom stereocenters. The quantitative estimate of drug-likeness (QED) is 0.802. The van der Waals surface area contributed by atoms with Gasteiger partial charge in [0.15, 0.2) is 0 Å². The van der Waals surface area contributed by atoms with Crippen molar-refractivity contribution < 1.29 is 14.3 Å². The van der Waals surface area contributed by atoms with E-state index < -0.39 is 0 Å². The lowest BCUT2D eigenvalue weighted by Crippen LogP contribution is -2.39. The lowest BCUT2D eigenvalue weighted by atomic mass is 10.1. The van der Waals surface area contributed by atoms with E-state index in [-0.39, 0.29) is 18.0 Å². The number of anilines is 2. The topological polar surface area (TPSA) is 85.7 Å². The minimum absolute atomic E-state index is 0.126. The smallest absolute Gasteiger partial charge is 0.258 e. The minimum atomic E-state index is -0.332. The minimum Gasteiger partial charge on any atom is -0.497 e. The fourth-order valence-electron chi connectivity index (χ4n) is 3.47. The van der Waals surface area contributed by atoms with Gasteiger partial charge in [-0.1, -0.05) is 0 Å². The van der Waals surface area contributed by atoms with Crippen LogP contribution in [-0.2, 0) is 11.3 Å². The number of piperidine rings is 1. The number of carbonyl (C=O) groups excluding carboxylic acids is 1. The molecule has 1 aromatic carbocycles. The van der Waals surface area contributed by atoms with Crippen LogP contribution in [0.15, 0.2) is 23.0 Å². The Bertz CT molecular complexity index is 948. The van der Waals surface area contributed by atoms with Crippen LogP contribution in [0.4, 0.5) is 11.6 Å². The van der Waals surface area contributed by atoms with Crippen LogP contribution >= 0.6 is 0 Å². The zero-order chi connectivity index (χ0) is 21.0. The summed E-state index contributed by atoms with van der Waals surface area (Å²) in [5, 5.41) is 2.83. The van der Waals surface area contributed by atoms with Crippen LogP contribution in [-0.4, -0.2) is 42.8 Å². The van der Waals surface area contributed by atoms with Crippen LogP contribution < -0.4 is 25.2 Å². The van der Waals surface area contributed by atoms with E-state index in [1.165, 1.54) is 18.1 Å². The molecule has 0 saturated carbocycles. The van der Waals surface area contributed by atoms with E-state index in [0.29, 0.717) is 34.4 Å². The molecule has 1 aromatic heterocycles. The number of methoxy groups -OCH3 is 2. The molecule has 29 heavy (non-hydrogen) atoms. The van der Waals surface area contributed by atoms with Gasteiger partial charge in [-0.3, -0.25) is 14.2 Å². The van der Waals surface area contributed by atoms with Gasteiger partial charge in [0.1, 0.15) is 18.0 Å². The first-order valence-corrected chi connectivity index (χ1v) is 9.79. The zero-order valence-corrected chi connectivity index (χ0v) is 17.4. The first-order chi connectivity index (χ1) is 13.9. The summed E-state index contributed by atoms with van der Waals surface area (Å²) in [6.07, 6.45) is 3.27. The highest BCUT2D eigenvalue weighted by Crippen LogP contribution is 2.29. The predicted molar refractivity (Wildman–Crippen MR) is 112 cm³/mol. The largest absolute Gasteiger partial charge is 0.497 e. The van der Waals surface area contributed by atoms with Crippen LogP contribution in [0.2, 0.25) is 0 Å². The fraction of sp³-hybridized carbons (Fsp3) is 0.476. The number of amides is 1. The summed E-state index contributed by atoms with van der Waals surface area (Å²) in [4.78, 5) is 32.5. The van der Waals surface area contributed by atoms with Gasteiger partial charge >= 0.3 is 0 Å². The third-order valence-corrected chi connectivity index (χ3v) is 5.24. The Balaban J connectivity index is 1.90. The highest BCUT2D eigenvalue weighted by Gasteiger charge is 2.21. The van der Waals surface area contributed by atoms with Crippen LogP contribution in [0.1, 0.15) is 30.5 Å². The summed E-state index contributed by atoms with van der Waals surface area (Å²) in [6.45, 7) is 5.11. The lowest BCUT2D eigenvalue weighted by molar-refractivity contribution is -0.116. The molecule has 0 bridgehead atoms. The van der Waals surface area contributed by atoms with Crippen molar-refractivity contribution in [3.63, 3.8) is 0 Å². The van der Waals surface area contributed by atoms with E-state index in [4.69, 9.17) is 9.47 Å². The van der Waals surface area contributed by atoms with Gasteiger partial charge in [-0.25, -0.2) is 4.98 Å². The second-order valence-corrected chi connectivity index (χ2v) is 7.18. The number of nitrogens with one attached hydrogen (secondary N) is 1. The third kappa shape index (κ3) is 4.52. The average Bonchev–Trinajstić information content (AvgIpc) is 2.74. The second kappa shape index (κ2) is 8.98. The van der Waals surface area contributed by atoms with Crippen molar-refractivity contribution in [2.75, 3.05) is 37.5 Å². The van der Waals surface area contributed by atoms with E-state index in [2.05, 4.69) is 15.2 Å². The molecule has 0 spiro atoms. The summed E-state index contributed by atoms with van der Waals surface area (Å²) in [6, 6.07) is 5.15. The van der Waals surface area contributed by atoms with Gasteiger partial charge < -0.3 is 19.7 Å². The van der Waals surface area contributed by atoms with Gasteiger partial charge in [-0.2, -0.15) is 0 Å². The SMILES string of the molecule is COc1ccc(OC)c(NC(=O)Cn2c(N3CCCCC3)nc(C)c(C)c2=O)c1. The summed E-state index contributed by atoms with van der Waals surface area (Å²) in [7, 11) is 3.09. The highest BCUT2D eigenvalue weighted by atomic mass is 16.5. The summed E-state index contributed by atoms with van der Waals surface area (Å²) in [5.41, 5.74) is 1.55. The van der Waals surface area contributed by atoms with Gasteiger partial charge in [-0.15, -0.1) is 0 Å². The van der Waals surface area contributed by atoms with Gasteiger partial charge in [0, 0.05) is 30.4 Å². The maximum absolute atomic E-state index is 12.9. The molecule has 1 saturated heterocycles. The van der Waals surface area contributed by atoms with Gasteiger partial charge in [-0.05, 0) is 45.2 Å². The summed E-state index contributed by atoms with van der Waals surface area (Å²) in [5.74, 6) is 1.34. The first-order valence-electron chi connectivity index (χ1n) is 9.79. The molecule has 0 radical (unpaired) electrons. The number of rotatable bonds is 6. The molecule has 0 atom stereocenters. The molecule has 0 aliphatic carbocycles. The van der Waals surface area contributed by atoms with Crippen molar-refractivity contribution in [3.8, 4) is 11.5 Å². The monoisotopic (exact) mass is 400 g/mol. The van der Waals surface area contributed by atoms with E-state index >= 15 is 0 Å². The van der Waals surface area contributed by atoms with Crippen molar-refractivity contribution >= 4 is 17.5 Å². The Morgan fingerprint density at radius 1 is 1.14 bits per heavy atom. The average molecular weight is 400 g/mol. The Labute approximate surface area is 170 Å². The maximum Gasteiger partial charge on any atom is 0.258 e. The van der Waals surface area contributed by atoms with Crippen molar-refractivity contribution in [3.05, 3.63) is 39.8 Å².